The number of benzene rings is 2. The lowest BCUT2D eigenvalue weighted by atomic mass is 9.65. The number of cyclic esters (lactones) is 1. The van der Waals surface area contributed by atoms with E-state index in [1.807, 2.05) is 0 Å². The lowest BCUT2D eigenvalue weighted by molar-refractivity contribution is -0.138. The maximum absolute atomic E-state index is 14.2. The Hall–Kier alpha value is -2.44. The molecule has 2 saturated carbocycles. The van der Waals surface area contributed by atoms with E-state index >= 15 is 0 Å². The number of carbonyl (C=O) groups excluding carboxylic acids is 1. The highest BCUT2D eigenvalue weighted by Gasteiger charge is 2.41. The predicted molar refractivity (Wildman–Crippen MR) is 119 cm³/mol. The van der Waals surface area contributed by atoms with E-state index in [0.29, 0.717) is 16.4 Å². The summed E-state index contributed by atoms with van der Waals surface area (Å²) < 4.78 is 53.6. The van der Waals surface area contributed by atoms with E-state index < -0.39 is 23.4 Å². The third kappa shape index (κ3) is 4.26. The van der Waals surface area contributed by atoms with Crippen molar-refractivity contribution in [3.63, 3.8) is 0 Å². The molecule has 1 atom stereocenters. The van der Waals surface area contributed by atoms with Crippen molar-refractivity contribution in [2.24, 2.45) is 5.41 Å². The molecule has 1 aliphatic heterocycles. The predicted octanol–water partition coefficient (Wildman–Crippen LogP) is 7.09. The number of carbonyl (C=O) groups is 1. The van der Waals surface area contributed by atoms with Gasteiger partial charge in [0.2, 0.25) is 0 Å². The Morgan fingerprint density at radius 1 is 1.03 bits per heavy atom. The van der Waals surface area contributed by atoms with Gasteiger partial charge in [0, 0.05) is 0 Å². The summed E-state index contributed by atoms with van der Waals surface area (Å²) in [6.45, 7) is 1.93. The first-order valence-electron chi connectivity index (χ1n) is 11.9. The van der Waals surface area contributed by atoms with Crippen molar-refractivity contribution >= 4 is 16.9 Å². The van der Waals surface area contributed by atoms with Crippen LogP contribution in [0.1, 0.15) is 75.8 Å². The van der Waals surface area contributed by atoms with E-state index in [-0.39, 0.29) is 23.8 Å². The zero-order valence-corrected chi connectivity index (χ0v) is 18.9. The summed E-state index contributed by atoms with van der Waals surface area (Å²) in [6, 6.07) is 7.93. The average Bonchev–Trinajstić information content (AvgIpc) is 3.14. The van der Waals surface area contributed by atoms with Gasteiger partial charge in [-0.3, -0.25) is 0 Å². The second kappa shape index (κ2) is 8.10. The summed E-state index contributed by atoms with van der Waals surface area (Å²) in [5.74, 6) is -0.0870. The Balaban J connectivity index is 1.42. The van der Waals surface area contributed by atoms with Crippen molar-refractivity contribution in [3.8, 4) is 5.75 Å². The van der Waals surface area contributed by atoms with Gasteiger partial charge in [0.1, 0.15) is 17.9 Å². The number of halogens is 3. The number of amides is 1. The van der Waals surface area contributed by atoms with Crippen LogP contribution < -0.4 is 10.1 Å². The molecule has 3 fully saturated rings. The summed E-state index contributed by atoms with van der Waals surface area (Å²) in [4.78, 5) is 11.5. The topological polar surface area (TPSA) is 47.6 Å². The molecule has 178 valence electrons. The van der Waals surface area contributed by atoms with Gasteiger partial charge in [0.05, 0.1) is 11.6 Å². The Kier molecular flexibility index (Phi) is 5.49. The molecule has 1 amide bonds. The Morgan fingerprint density at radius 2 is 1.76 bits per heavy atom. The van der Waals surface area contributed by atoms with Gasteiger partial charge in [-0.25, -0.2) is 4.79 Å². The fraction of sp³-hybridized carbons (Fsp3) is 0.577. The zero-order valence-electron chi connectivity index (χ0n) is 18.9. The largest absolute Gasteiger partial charge is 0.490 e. The summed E-state index contributed by atoms with van der Waals surface area (Å²) in [5, 5.41) is 3.30. The number of nitrogens with one attached hydrogen (secondary N) is 1. The zero-order chi connectivity index (χ0) is 23.3. The van der Waals surface area contributed by atoms with Gasteiger partial charge in [-0.05, 0) is 79.3 Å². The molecule has 33 heavy (non-hydrogen) atoms. The molecular formula is C26H30F3NO3. The van der Waals surface area contributed by atoms with Gasteiger partial charge >= 0.3 is 12.3 Å². The van der Waals surface area contributed by atoms with Crippen LogP contribution >= 0.6 is 0 Å². The molecule has 1 spiro atoms. The summed E-state index contributed by atoms with van der Waals surface area (Å²) in [6.07, 6.45) is 4.80. The van der Waals surface area contributed by atoms with Crippen molar-refractivity contribution in [3.05, 3.63) is 41.5 Å². The molecule has 1 saturated heterocycles. The van der Waals surface area contributed by atoms with Crippen molar-refractivity contribution < 1.29 is 27.4 Å². The number of alkyl halides is 3. The molecule has 1 heterocycles. The first-order chi connectivity index (χ1) is 15.7. The van der Waals surface area contributed by atoms with Gasteiger partial charge in [0.15, 0.2) is 0 Å². The van der Waals surface area contributed by atoms with E-state index in [2.05, 4.69) is 5.32 Å². The quantitative estimate of drug-likeness (QED) is 0.531. The third-order valence-corrected chi connectivity index (χ3v) is 7.97. The van der Waals surface area contributed by atoms with E-state index in [9.17, 15) is 18.0 Å². The number of fused-ring (bicyclic) bond motifs is 1. The van der Waals surface area contributed by atoms with Crippen LogP contribution in [0.5, 0.6) is 5.75 Å². The second-order valence-electron chi connectivity index (χ2n) is 10.3. The summed E-state index contributed by atoms with van der Waals surface area (Å²) in [5.41, 5.74) is -0.398. The second-order valence-corrected chi connectivity index (χ2v) is 10.3. The molecule has 5 rings (SSSR count). The molecule has 4 nitrogen and oxygen atoms in total. The molecule has 1 N–H and O–H groups in total. The van der Waals surface area contributed by atoms with E-state index in [4.69, 9.17) is 9.47 Å². The van der Waals surface area contributed by atoms with Crippen LogP contribution in [0.2, 0.25) is 0 Å². The first kappa shape index (κ1) is 22.4. The van der Waals surface area contributed by atoms with Crippen LogP contribution in [-0.2, 0) is 16.5 Å². The Morgan fingerprint density at radius 3 is 2.39 bits per heavy atom. The molecule has 2 aliphatic carbocycles. The minimum Gasteiger partial charge on any atom is -0.490 e. The maximum atomic E-state index is 14.2. The Labute approximate surface area is 191 Å². The number of ether oxygens (including phenoxy) is 2. The van der Waals surface area contributed by atoms with Crippen molar-refractivity contribution in [1.82, 2.24) is 5.32 Å². The lowest BCUT2D eigenvalue weighted by Gasteiger charge is -2.43. The highest BCUT2D eigenvalue weighted by molar-refractivity contribution is 5.89. The van der Waals surface area contributed by atoms with E-state index in [1.54, 1.807) is 25.1 Å². The smallest absolute Gasteiger partial charge is 0.420 e. The molecule has 0 radical (unpaired) electrons. The maximum Gasteiger partial charge on any atom is 0.420 e. The van der Waals surface area contributed by atoms with Crippen molar-refractivity contribution in [2.75, 3.05) is 6.61 Å². The van der Waals surface area contributed by atoms with Crippen LogP contribution in [0.25, 0.3) is 10.8 Å². The SMILES string of the molecule is C[C@@]1(c2ccc3c(C(F)(F)F)c(OC4CCC5(CCCCC5)CC4)ccc3c2)COC(=O)N1. The van der Waals surface area contributed by atoms with Gasteiger partial charge in [0.25, 0.3) is 0 Å². The van der Waals surface area contributed by atoms with Crippen LogP contribution in [0, 0.1) is 5.41 Å². The number of rotatable bonds is 3. The first-order valence-corrected chi connectivity index (χ1v) is 11.9. The monoisotopic (exact) mass is 461 g/mol. The minimum absolute atomic E-state index is 0.0870. The van der Waals surface area contributed by atoms with Crippen molar-refractivity contribution in [2.45, 2.75) is 82.5 Å². The molecule has 0 aromatic heterocycles. The van der Waals surface area contributed by atoms with Crippen molar-refractivity contribution in [1.29, 1.82) is 0 Å². The molecule has 7 heteroatoms. The molecular weight excluding hydrogens is 431 g/mol. The molecule has 0 unspecified atom stereocenters. The number of hydrogen-bond acceptors (Lipinski definition) is 3. The summed E-state index contributed by atoms with van der Waals surface area (Å²) >= 11 is 0. The van der Waals surface area contributed by atoms with Gasteiger partial charge in [-0.15, -0.1) is 0 Å². The van der Waals surface area contributed by atoms with Gasteiger partial charge in [-0.2, -0.15) is 13.2 Å². The molecule has 3 aliphatic rings. The fourth-order valence-electron chi connectivity index (χ4n) is 6.01. The van der Waals surface area contributed by atoms with Crippen LogP contribution in [0.4, 0.5) is 18.0 Å². The van der Waals surface area contributed by atoms with Gasteiger partial charge in [-0.1, -0.05) is 37.5 Å². The highest BCUT2D eigenvalue weighted by Crippen LogP contribution is 2.49. The average molecular weight is 462 g/mol. The third-order valence-electron chi connectivity index (χ3n) is 7.97. The standard InChI is InChI=1S/C26H30F3NO3/c1-24(16-32-23(31)30-24)18-6-7-20-17(15-18)5-8-21(22(20)26(27,28)29)33-19-9-13-25(14-10-19)11-3-2-4-12-25/h5-8,15,19H,2-4,9-14,16H2,1H3,(H,30,31)/t24-/m0/s1. The van der Waals surface area contributed by atoms with Crippen LogP contribution in [0.3, 0.4) is 0 Å². The lowest BCUT2D eigenvalue weighted by Crippen LogP contribution is -2.37. The Bertz CT molecular complexity index is 1050. The van der Waals surface area contributed by atoms with Crippen LogP contribution in [0.15, 0.2) is 30.3 Å². The number of alkyl carbamates (subject to hydrolysis) is 1. The number of hydrogen-bond donors (Lipinski definition) is 1. The van der Waals surface area contributed by atoms with E-state index in [1.165, 1.54) is 44.2 Å². The van der Waals surface area contributed by atoms with E-state index in [0.717, 1.165) is 25.7 Å². The summed E-state index contributed by atoms with van der Waals surface area (Å²) in [7, 11) is 0. The molecule has 0 bridgehead atoms. The minimum atomic E-state index is -4.54. The van der Waals surface area contributed by atoms with Gasteiger partial charge < -0.3 is 14.8 Å². The highest BCUT2D eigenvalue weighted by atomic mass is 19.4. The fourth-order valence-corrected chi connectivity index (χ4v) is 6.01. The van der Waals surface area contributed by atoms with Crippen LogP contribution in [-0.4, -0.2) is 18.8 Å². The normalized spacial score (nSPS) is 25.8. The molecule has 2 aromatic carbocycles. The molecule has 2 aromatic rings.